The summed E-state index contributed by atoms with van der Waals surface area (Å²) in [5.74, 6) is -0.759. The molecule has 0 spiro atoms. The van der Waals surface area contributed by atoms with Crippen LogP contribution in [0.15, 0.2) is 59.5 Å². The molecule has 0 aliphatic carbocycles. The quantitative estimate of drug-likeness (QED) is 0.420. The van der Waals surface area contributed by atoms with Gasteiger partial charge in [0, 0.05) is 24.3 Å². The Kier molecular flexibility index (Phi) is 6.08. The predicted octanol–water partition coefficient (Wildman–Crippen LogP) is 4.57. The number of hydrogen-bond acceptors (Lipinski definition) is 5. The van der Waals surface area contributed by atoms with Gasteiger partial charge in [-0.25, -0.2) is 4.90 Å². The van der Waals surface area contributed by atoms with Crippen LogP contribution in [0.25, 0.3) is 6.08 Å². The highest BCUT2D eigenvalue weighted by Gasteiger charge is 2.37. The summed E-state index contributed by atoms with van der Waals surface area (Å²) in [5, 5.41) is 0. The first-order valence-electron chi connectivity index (χ1n) is 8.77. The lowest BCUT2D eigenvalue weighted by molar-refractivity contribution is -0.120. The molecular formula is C21H20N2O2S2. The lowest BCUT2D eigenvalue weighted by Crippen LogP contribution is -2.34. The van der Waals surface area contributed by atoms with Crippen molar-refractivity contribution < 1.29 is 9.59 Å². The number of imide groups is 1. The molecule has 6 heteroatoms. The molecule has 1 saturated heterocycles. The fourth-order valence-electron chi connectivity index (χ4n) is 2.87. The monoisotopic (exact) mass is 396 g/mol. The molecule has 1 aliphatic rings. The second-order valence-electron chi connectivity index (χ2n) is 5.95. The van der Waals surface area contributed by atoms with E-state index in [9.17, 15) is 9.59 Å². The highest BCUT2D eigenvalue weighted by Crippen LogP contribution is 2.33. The Hall–Kier alpha value is -2.44. The van der Waals surface area contributed by atoms with Crippen LogP contribution in [0.3, 0.4) is 0 Å². The van der Waals surface area contributed by atoms with Gasteiger partial charge in [-0.1, -0.05) is 54.3 Å². The van der Waals surface area contributed by atoms with Crippen molar-refractivity contribution in [2.75, 3.05) is 18.0 Å². The van der Waals surface area contributed by atoms with Crippen LogP contribution >= 0.6 is 24.0 Å². The molecule has 2 aromatic carbocycles. The number of amides is 2. The predicted molar refractivity (Wildman–Crippen MR) is 116 cm³/mol. The number of carbonyl (C=O) groups is 2. The van der Waals surface area contributed by atoms with E-state index in [1.54, 1.807) is 30.3 Å². The summed E-state index contributed by atoms with van der Waals surface area (Å²) < 4.78 is 0.264. The van der Waals surface area contributed by atoms with Gasteiger partial charge in [0.15, 0.2) is 4.32 Å². The average Bonchev–Trinajstić information content (AvgIpc) is 2.97. The number of rotatable bonds is 5. The van der Waals surface area contributed by atoms with Crippen LogP contribution in [0.5, 0.6) is 0 Å². The molecule has 3 rings (SSSR count). The van der Waals surface area contributed by atoms with Gasteiger partial charge < -0.3 is 4.90 Å². The summed E-state index contributed by atoms with van der Waals surface area (Å²) in [7, 11) is 0. The zero-order valence-electron chi connectivity index (χ0n) is 15.2. The number of nitrogens with zero attached hydrogens (tertiary/aromatic N) is 2. The zero-order chi connectivity index (χ0) is 19.4. The number of hydrogen-bond donors (Lipinski definition) is 0. The van der Waals surface area contributed by atoms with Gasteiger partial charge in [0.2, 0.25) is 0 Å². The normalized spacial score (nSPS) is 15.5. The maximum atomic E-state index is 12.7. The van der Waals surface area contributed by atoms with E-state index in [1.165, 1.54) is 0 Å². The molecule has 0 N–H and O–H groups in total. The molecule has 4 nitrogen and oxygen atoms in total. The molecule has 1 aliphatic heterocycles. The van der Waals surface area contributed by atoms with Crippen molar-refractivity contribution in [1.82, 2.24) is 4.90 Å². The van der Waals surface area contributed by atoms with Crippen molar-refractivity contribution in [3.05, 3.63) is 70.6 Å². The molecule has 0 radical (unpaired) electrons. The average molecular weight is 397 g/mol. The molecule has 1 fully saturated rings. The fourth-order valence-corrected chi connectivity index (χ4v) is 4.13. The maximum Gasteiger partial charge on any atom is 0.273 e. The van der Waals surface area contributed by atoms with E-state index in [0.29, 0.717) is 10.5 Å². The molecule has 2 aromatic rings. The number of benzene rings is 2. The van der Waals surface area contributed by atoms with E-state index in [4.69, 9.17) is 12.2 Å². The fraction of sp³-hybridized carbons (Fsp3) is 0.190. The Labute approximate surface area is 168 Å². The standard InChI is InChI=1S/C21H20N2O2S2/c1-3-22(4-2)17-12-10-15(11-13-17)14-18-20(25)23(21(26)27-18)19(24)16-8-6-5-7-9-16/h5-14H,3-4H2,1-2H3/b18-14-. The Bertz CT molecular complexity index is 888. The minimum Gasteiger partial charge on any atom is -0.372 e. The van der Waals surface area contributed by atoms with Crippen molar-refractivity contribution in [2.45, 2.75) is 13.8 Å². The lowest BCUT2D eigenvalue weighted by Gasteiger charge is -2.20. The molecular weight excluding hydrogens is 376 g/mol. The molecule has 27 heavy (non-hydrogen) atoms. The highest BCUT2D eigenvalue weighted by molar-refractivity contribution is 8.26. The van der Waals surface area contributed by atoms with Crippen molar-refractivity contribution in [1.29, 1.82) is 0 Å². The van der Waals surface area contributed by atoms with Crippen molar-refractivity contribution in [3.8, 4) is 0 Å². The maximum absolute atomic E-state index is 12.7. The summed E-state index contributed by atoms with van der Waals surface area (Å²) >= 11 is 6.43. The van der Waals surface area contributed by atoms with Gasteiger partial charge in [0.05, 0.1) is 4.91 Å². The Morgan fingerprint density at radius 2 is 1.70 bits per heavy atom. The Morgan fingerprint density at radius 1 is 1.07 bits per heavy atom. The molecule has 0 saturated carbocycles. The Morgan fingerprint density at radius 3 is 2.30 bits per heavy atom. The molecule has 0 unspecified atom stereocenters. The lowest BCUT2D eigenvalue weighted by atomic mass is 10.1. The highest BCUT2D eigenvalue weighted by atomic mass is 32.2. The van der Waals surface area contributed by atoms with E-state index >= 15 is 0 Å². The topological polar surface area (TPSA) is 40.6 Å². The molecule has 138 valence electrons. The zero-order valence-corrected chi connectivity index (χ0v) is 16.8. The smallest absolute Gasteiger partial charge is 0.273 e. The first-order chi connectivity index (χ1) is 13.0. The summed E-state index contributed by atoms with van der Waals surface area (Å²) in [6.07, 6.45) is 1.78. The number of anilines is 1. The second kappa shape index (κ2) is 8.50. The third kappa shape index (κ3) is 4.12. The van der Waals surface area contributed by atoms with E-state index in [0.717, 1.165) is 41.0 Å². The van der Waals surface area contributed by atoms with Crippen LogP contribution in [0, 0.1) is 0 Å². The van der Waals surface area contributed by atoms with Gasteiger partial charge in [0.1, 0.15) is 0 Å². The number of thiocarbonyl (C=S) groups is 1. The third-order valence-electron chi connectivity index (χ3n) is 4.34. The van der Waals surface area contributed by atoms with Gasteiger partial charge in [-0.05, 0) is 49.8 Å². The van der Waals surface area contributed by atoms with Crippen molar-refractivity contribution >= 4 is 51.9 Å². The van der Waals surface area contributed by atoms with Crippen LogP contribution in [-0.2, 0) is 4.79 Å². The summed E-state index contributed by atoms with van der Waals surface area (Å²) in [6, 6.07) is 16.7. The van der Waals surface area contributed by atoms with E-state index in [2.05, 4.69) is 18.7 Å². The second-order valence-corrected chi connectivity index (χ2v) is 7.63. The largest absolute Gasteiger partial charge is 0.372 e. The van der Waals surface area contributed by atoms with Gasteiger partial charge in [-0.2, -0.15) is 0 Å². The SMILES string of the molecule is CCN(CC)c1ccc(/C=C2\SC(=S)N(C(=O)c3ccccc3)C2=O)cc1. The summed E-state index contributed by atoms with van der Waals surface area (Å²) in [6.45, 7) is 6.12. The Balaban J connectivity index is 1.81. The van der Waals surface area contributed by atoms with Gasteiger partial charge in [-0.3, -0.25) is 9.59 Å². The number of thioether (sulfide) groups is 1. The minimum atomic E-state index is -0.390. The first-order valence-corrected chi connectivity index (χ1v) is 10.00. The molecule has 0 aromatic heterocycles. The van der Waals surface area contributed by atoms with Crippen LogP contribution in [0.2, 0.25) is 0 Å². The molecule has 1 heterocycles. The number of carbonyl (C=O) groups excluding carboxylic acids is 2. The van der Waals surface area contributed by atoms with E-state index in [1.807, 2.05) is 30.3 Å². The van der Waals surface area contributed by atoms with Gasteiger partial charge in [-0.15, -0.1) is 0 Å². The van der Waals surface area contributed by atoms with Crippen molar-refractivity contribution in [3.63, 3.8) is 0 Å². The van der Waals surface area contributed by atoms with Crippen LogP contribution < -0.4 is 4.90 Å². The molecule has 0 bridgehead atoms. The minimum absolute atomic E-state index is 0.264. The molecule has 2 amide bonds. The molecule has 0 atom stereocenters. The third-order valence-corrected chi connectivity index (χ3v) is 5.64. The first kappa shape index (κ1) is 19.3. The van der Waals surface area contributed by atoms with E-state index in [-0.39, 0.29) is 10.2 Å². The van der Waals surface area contributed by atoms with Gasteiger partial charge >= 0.3 is 0 Å². The summed E-state index contributed by atoms with van der Waals surface area (Å²) in [4.78, 5) is 29.1. The van der Waals surface area contributed by atoms with Gasteiger partial charge in [0.25, 0.3) is 11.8 Å². The van der Waals surface area contributed by atoms with Crippen molar-refractivity contribution in [2.24, 2.45) is 0 Å². The van der Waals surface area contributed by atoms with Crippen LogP contribution in [0.1, 0.15) is 29.8 Å². The summed E-state index contributed by atoms with van der Waals surface area (Å²) in [5.41, 5.74) is 2.49. The van der Waals surface area contributed by atoms with Crippen LogP contribution in [0.4, 0.5) is 5.69 Å². The van der Waals surface area contributed by atoms with Crippen LogP contribution in [-0.4, -0.2) is 34.1 Å². The van der Waals surface area contributed by atoms with E-state index < -0.39 is 5.91 Å².